The fraction of sp³-hybridized carbons (Fsp3) is 0.250. The third kappa shape index (κ3) is 3.79. The summed E-state index contributed by atoms with van der Waals surface area (Å²) in [6, 6.07) is 10.8. The van der Waals surface area contributed by atoms with Crippen molar-refractivity contribution >= 4 is 11.6 Å². The first kappa shape index (κ1) is 15.0. The highest BCUT2D eigenvalue weighted by Crippen LogP contribution is 2.11. The maximum absolute atomic E-state index is 12.2. The molecular weight excluding hydrogens is 266 g/mol. The van der Waals surface area contributed by atoms with Crippen molar-refractivity contribution in [2.24, 2.45) is 7.05 Å². The van der Waals surface area contributed by atoms with Crippen molar-refractivity contribution < 1.29 is 4.79 Å². The number of amides is 1. The smallest absolute Gasteiger partial charge is 0.263 e. The van der Waals surface area contributed by atoms with Gasteiger partial charge in [-0.05, 0) is 36.4 Å². The summed E-state index contributed by atoms with van der Waals surface area (Å²) in [5.41, 5.74) is 1.59. The molecule has 5 nitrogen and oxygen atoms in total. The van der Waals surface area contributed by atoms with Gasteiger partial charge in [0.15, 0.2) is 0 Å². The summed E-state index contributed by atoms with van der Waals surface area (Å²) in [6.07, 6.45) is 1.62. The van der Waals surface area contributed by atoms with Gasteiger partial charge in [0.1, 0.15) is 5.56 Å². The molecular formula is C16H19N3O2. The molecule has 0 atom stereocenters. The lowest BCUT2D eigenvalue weighted by atomic mass is 10.2. The Labute approximate surface area is 123 Å². The summed E-state index contributed by atoms with van der Waals surface area (Å²) in [5.74, 6) is -0.392. The van der Waals surface area contributed by atoms with Gasteiger partial charge in [0.25, 0.3) is 11.5 Å². The van der Waals surface area contributed by atoms with E-state index in [0.717, 1.165) is 18.7 Å². The number of carbonyl (C=O) groups excluding carboxylic acids is 1. The molecule has 0 radical (unpaired) electrons. The van der Waals surface area contributed by atoms with E-state index in [1.807, 2.05) is 25.1 Å². The Morgan fingerprint density at radius 2 is 2.05 bits per heavy atom. The van der Waals surface area contributed by atoms with Gasteiger partial charge >= 0.3 is 0 Å². The summed E-state index contributed by atoms with van der Waals surface area (Å²) in [4.78, 5) is 24.1. The van der Waals surface area contributed by atoms with Gasteiger partial charge in [-0.15, -0.1) is 0 Å². The van der Waals surface area contributed by atoms with Crippen molar-refractivity contribution in [3.8, 4) is 0 Å². The van der Waals surface area contributed by atoms with Gasteiger partial charge in [-0.25, -0.2) is 0 Å². The largest absolute Gasteiger partial charge is 0.322 e. The highest BCUT2D eigenvalue weighted by atomic mass is 16.2. The number of carbonyl (C=O) groups is 1. The van der Waals surface area contributed by atoms with Crippen molar-refractivity contribution in [3.05, 3.63) is 64.1 Å². The molecule has 5 heteroatoms. The van der Waals surface area contributed by atoms with E-state index in [-0.39, 0.29) is 11.1 Å². The second-order valence-corrected chi connectivity index (χ2v) is 4.77. The summed E-state index contributed by atoms with van der Waals surface area (Å²) < 4.78 is 1.39. The third-order valence-electron chi connectivity index (χ3n) is 3.13. The molecule has 0 saturated heterocycles. The molecule has 1 amide bonds. The number of benzene rings is 1. The Hall–Kier alpha value is -2.40. The fourth-order valence-electron chi connectivity index (χ4n) is 2.00. The monoisotopic (exact) mass is 285 g/mol. The lowest BCUT2D eigenvalue weighted by Crippen LogP contribution is -2.27. The SMILES string of the molecule is CCNCc1cccc(NC(=O)c2cccn(C)c2=O)c1. The van der Waals surface area contributed by atoms with Crippen LogP contribution in [0.4, 0.5) is 5.69 Å². The lowest BCUT2D eigenvalue weighted by Gasteiger charge is -2.08. The van der Waals surface area contributed by atoms with E-state index in [1.165, 1.54) is 10.6 Å². The number of nitrogens with zero attached hydrogens (tertiary/aromatic N) is 1. The van der Waals surface area contributed by atoms with Gasteiger partial charge in [-0.2, -0.15) is 0 Å². The first-order chi connectivity index (χ1) is 10.1. The normalized spacial score (nSPS) is 10.4. The third-order valence-corrected chi connectivity index (χ3v) is 3.13. The van der Waals surface area contributed by atoms with Crippen LogP contribution in [0.15, 0.2) is 47.4 Å². The van der Waals surface area contributed by atoms with Crippen molar-refractivity contribution in [1.82, 2.24) is 9.88 Å². The first-order valence-corrected chi connectivity index (χ1v) is 6.88. The number of nitrogens with one attached hydrogen (secondary N) is 2. The van der Waals surface area contributed by atoms with Gasteiger partial charge in [-0.3, -0.25) is 9.59 Å². The molecule has 0 aliphatic carbocycles. The predicted molar refractivity (Wildman–Crippen MR) is 83.5 cm³/mol. The van der Waals surface area contributed by atoms with Crippen molar-refractivity contribution in [2.45, 2.75) is 13.5 Å². The predicted octanol–water partition coefficient (Wildman–Crippen LogP) is 1.75. The zero-order valence-electron chi connectivity index (χ0n) is 12.2. The van der Waals surface area contributed by atoms with E-state index in [0.29, 0.717) is 5.69 Å². The van der Waals surface area contributed by atoms with E-state index in [9.17, 15) is 9.59 Å². The van der Waals surface area contributed by atoms with Gasteiger partial charge in [0, 0.05) is 25.5 Å². The maximum Gasteiger partial charge on any atom is 0.263 e. The summed E-state index contributed by atoms with van der Waals surface area (Å²) in [6.45, 7) is 3.67. The number of rotatable bonds is 5. The maximum atomic E-state index is 12.2. The van der Waals surface area contributed by atoms with Gasteiger partial charge < -0.3 is 15.2 Å². The molecule has 110 valence electrons. The summed E-state index contributed by atoms with van der Waals surface area (Å²) in [7, 11) is 1.62. The van der Waals surface area contributed by atoms with Gasteiger partial charge in [-0.1, -0.05) is 19.1 Å². The first-order valence-electron chi connectivity index (χ1n) is 6.88. The number of aromatic nitrogens is 1. The van der Waals surface area contributed by atoms with Crippen molar-refractivity contribution in [3.63, 3.8) is 0 Å². The van der Waals surface area contributed by atoms with Crippen LogP contribution in [0.25, 0.3) is 0 Å². The number of anilines is 1. The standard InChI is InChI=1S/C16H19N3O2/c1-3-17-11-12-6-4-7-13(10-12)18-15(20)14-8-5-9-19(2)16(14)21/h4-10,17H,3,11H2,1-2H3,(H,18,20). The minimum absolute atomic E-state index is 0.136. The van der Waals surface area contributed by atoms with Crippen LogP contribution >= 0.6 is 0 Å². The average molecular weight is 285 g/mol. The Morgan fingerprint density at radius 3 is 2.81 bits per heavy atom. The molecule has 0 bridgehead atoms. The van der Waals surface area contributed by atoms with Crippen LogP contribution in [0, 0.1) is 0 Å². The molecule has 0 fully saturated rings. The molecule has 2 aromatic rings. The quantitative estimate of drug-likeness (QED) is 0.879. The topological polar surface area (TPSA) is 63.1 Å². The lowest BCUT2D eigenvalue weighted by molar-refractivity contribution is 0.102. The highest BCUT2D eigenvalue weighted by Gasteiger charge is 2.11. The Balaban J connectivity index is 2.16. The highest BCUT2D eigenvalue weighted by molar-refractivity contribution is 6.04. The molecule has 1 aromatic carbocycles. The van der Waals surface area contributed by atoms with Crippen LogP contribution in [0.3, 0.4) is 0 Å². The zero-order chi connectivity index (χ0) is 15.2. The second kappa shape index (κ2) is 6.85. The molecule has 1 aromatic heterocycles. The van der Waals surface area contributed by atoms with Crippen LogP contribution in [0.1, 0.15) is 22.8 Å². The Morgan fingerprint density at radius 1 is 1.24 bits per heavy atom. The van der Waals surface area contributed by atoms with Crippen LogP contribution in [-0.2, 0) is 13.6 Å². The Kier molecular flexibility index (Phi) is 4.90. The molecule has 0 spiro atoms. The number of hydrogen-bond acceptors (Lipinski definition) is 3. The second-order valence-electron chi connectivity index (χ2n) is 4.77. The van der Waals surface area contributed by atoms with Crippen LogP contribution in [-0.4, -0.2) is 17.0 Å². The summed E-state index contributed by atoms with van der Waals surface area (Å²) in [5, 5.41) is 5.99. The molecule has 2 rings (SSSR count). The van der Waals surface area contributed by atoms with Crippen LogP contribution < -0.4 is 16.2 Å². The van der Waals surface area contributed by atoms with Crippen molar-refractivity contribution in [2.75, 3.05) is 11.9 Å². The van der Waals surface area contributed by atoms with Crippen molar-refractivity contribution in [1.29, 1.82) is 0 Å². The van der Waals surface area contributed by atoms with Crippen LogP contribution in [0.2, 0.25) is 0 Å². The zero-order valence-corrected chi connectivity index (χ0v) is 12.2. The van der Waals surface area contributed by atoms with E-state index in [4.69, 9.17) is 0 Å². The van der Waals surface area contributed by atoms with Gasteiger partial charge in [0.05, 0.1) is 0 Å². The molecule has 0 aliphatic heterocycles. The number of hydrogen-bond donors (Lipinski definition) is 2. The number of pyridine rings is 1. The minimum atomic E-state index is -0.392. The van der Waals surface area contributed by atoms with E-state index in [2.05, 4.69) is 10.6 Å². The summed E-state index contributed by atoms with van der Waals surface area (Å²) >= 11 is 0. The average Bonchev–Trinajstić information content (AvgIpc) is 2.48. The molecule has 1 heterocycles. The Bertz CT molecular complexity index is 692. The molecule has 0 saturated carbocycles. The van der Waals surface area contributed by atoms with Crippen LogP contribution in [0.5, 0.6) is 0 Å². The molecule has 0 unspecified atom stereocenters. The fourth-order valence-corrected chi connectivity index (χ4v) is 2.00. The van der Waals surface area contributed by atoms with E-state index in [1.54, 1.807) is 25.4 Å². The van der Waals surface area contributed by atoms with E-state index < -0.39 is 5.91 Å². The van der Waals surface area contributed by atoms with Gasteiger partial charge in [0.2, 0.25) is 0 Å². The molecule has 0 aliphatic rings. The number of aryl methyl sites for hydroxylation is 1. The molecule has 21 heavy (non-hydrogen) atoms. The van der Waals surface area contributed by atoms with E-state index >= 15 is 0 Å². The minimum Gasteiger partial charge on any atom is -0.322 e. The molecule has 2 N–H and O–H groups in total.